The number of aromatic nitrogens is 1. The van der Waals surface area contributed by atoms with Crippen molar-refractivity contribution in [2.24, 2.45) is 5.92 Å². The Balaban J connectivity index is 1.50. The van der Waals surface area contributed by atoms with E-state index < -0.39 is 0 Å². The normalized spacial score (nSPS) is 30.3. The Labute approximate surface area is 184 Å². The summed E-state index contributed by atoms with van der Waals surface area (Å²) in [7, 11) is 1.72. The number of nitrogens with one attached hydrogen (secondary N) is 1. The summed E-state index contributed by atoms with van der Waals surface area (Å²) in [5, 5.41) is 24.0. The van der Waals surface area contributed by atoms with Crippen LogP contribution in [0.5, 0.6) is 5.75 Å². The number of ether oxygens (including phenoxy) is 1. The highest BCUT2D eigenvalue weighted by molar-refractivity contribution is 7.19. The van der Waals surface area contributed by atoms with Gasteiger partial charge >= 0.3 is 0 Å². The number of fused-ring (bicyclic) bond motifs is 3. The van der Waals surface area contributed by atoms with Gasteiger partial charge in [0.1, 0.15) is 27.3 Å². The molecule has 0 aromatic carbocycles. The molecule has 0 bridgehead atoms. The second-order valence-corrected chi connectivity index (χ2v) is 10.2. The highest BCUT2D eigenvalue weighted by atomic mass is 32.1. The number of thiophene rings is 1. The van der Waals surface area contributed by atoms with E-state index in [2.05, 4.69) is 20.9 Å². The fourth-order valence-electron chi connectivity index (χ4n) is 5.84. The number of nitriles is 1. The number of nitrogens with zero attached hydrogens (tertiary/aromatic N) is 3. The van der Waals surface area contributed by atoms with Crippen LogP contribution in [0.3, 0.4) is 0 Å². The predicted octanol–water partition coefficient (Wildman–Crippen LogP) is 2.74. The van der Waals surface area contributed by atoms with Crippen LogP contribution >= 0.6 is 11.3 Å². The zero-order chi connectivity index (χ0) is 21.3. The lowest BCUT2D eigenvalue weighted by Gasteiger charge is -2.36. The largest absolute Gasteiger partial charge is 0.505 e. The van der Waals surface area contributed by atoms with Crippen molar-refractivity contribution in [1.29, 1.82) is 5.26 Å². The highest BCUT2D eigenvalue weighted by Gasteiger charge is 2.43. The minimum absolute atomic E-state index is 0.0655. The zero-order valence-corrected chi connectivity index (χ0v) is 18.3. The third kappa shape index (κ3) is 2.84. The van der Waals surface area contributed by atoms with E-state index in [0.717, 1.165) is 38.2 Å². The minimum atomic E-state index is -0.257. The van der Waals surface area contributed by atoms with Gasteiger partial charge in [0.05, 0.1) is 11.7 Å². The Hall–Kier alpha value is -2.18. The van der Waals surface area contributed by atoms with E-state index in [-0.39, 0.29) is 39.6 Å². The molecule has 2 N–H and O–H groups in total. The van der Waals surface area contributed by atoms with Gasteiger partial charge in [-0.3, -0.25) is 9.69 Å². The molecule has 4 heterocycles. The van der Waals surface area contributed by atoms with Crippen LogP contribution in [0.4, 0.5) is 0 Å². The summed E-state index contributed by atoms with van der Waals surface area (Å²) in [6.45, 7) is 3.12. The Morgan fingerprint density at radius 2 is 2.16 bits per heavy atom. The fraction of sp³-hybridized carbons (Fsp3) is 0.565. The number of pyridine rings is 1. The van der Waals surface area contributed by atoms with Crippen LogP contribution in [0.2, 0.25) is 0 Å². The molecular formula is C23H26N4O3S. The van der Waals surface area contributed by atoms with Crippen molar-refractivity contribution in [2.75, 3.05) is 26.7 Å². The third-order valence-electron chi connectivity index (χ3n) is 7.45. The van der Waals surface area contributed by atoms with Crippen molar-refractivity contribution in [1.82, 2.24) is 14.8 Å². The Morgan fingerprint density at radius 1 is 1.32 bits per heavy atom. The SMILES string of the molecule is COC1c2c(c(=O)c3c(O)c(C#N)sc3n2C2CC2)C=CC1N1C[C@@H]2CCCN[C@@H]2C1. The van der Waals surface area contributed by atoms with E-state index >= 15 is 0 Å². The standard InChI is InChI=1S/C23H26N4O3S/c1-30-22-16(26-10-12-3-2-8-25-15(12)11-26)7-6-14-19(22)27(13-4-5-13)23-18(20(14)28)21(29)17(9-24)31-23/h6-7,12-13,15-16,22,25,29H,2-5,8,10-11H2,1H3/t12-,15+,16?,22?/m0/s1. The highest BCUT2D eigenvalue weighted by Crippen LogP contribution is 2.47. The van der Waals surface area contributed by atoms with Crippen LogP contribution in [0.25, 0.3) is 16.3 Å². The first kappa shape index (κ1) is 19.5. The number of hydrogen-bond acceptors (Lipinski definition) is 7. The van der Waals surface area contributed by atoms with Crippen LogP contribution < -0.4 is 10.7 Å². The van der Waals surface area contributed by atoms with E-state index in [1.807, 2.05) is 12.1 Å². The first-order valence-electron chi connectivity index (χ1n) is 11.1. The smallest absolute Gasteiger partial charge is 0.201 e. The number of likely N-dealkylation sites (tertiary alicyclic amines) is 1. The zero-order valence-electron chi connectivity index (χ0n) is 17.5. The molecule has 2 aliphatic heterocycles. The van der Waals surface area contributed by atoms with Gasteiger partial charge in [-0.1, -0.05) is 12.2 Å². The summed E-state index contributed by atoms with van der Waals surface area (Å²) in [4.78, 5) is 16.8. The lowest BCUT2D eigenvalue weighted by Crippen LogP contribution is -2.43. The van der Waals surface area contributed by atoms with Crippen LogP contribution in [0.1, 0.15) is 54.0 Å². The van der Waals surface area contributed by atoms with Crippen molar-refractivity contribution < 1.29 is 9.84 Å². The van der Waals surface area contributed by atoms with Gasteiger partial charge in [0.25, 0.3) is 0 Å². The quantitative estimate of drug-likeness (QED) is 0.766. The average Bonchev–Trinajstić information content (AvgIpc) is 3.43. The lowest BCUT2D eigenvalue weighted by molar-refractivity contribution is 0.0326. The molecule has 162 valence electrons. The molecule has 4 aliphatic rings. The molecule has 0 radical (unpaired) electrons. The number of methoxy groups -OCH3 is 1. The molecule has 0 spiro atoms. The molecule has 3 fully saturated rings. The molecule has 2 saturated heterocycles. The van der Waals surface area contributed by atoms with Crippen LogP contribution in [-0.4, -0.2) is 53.4 Å². The first-order valence-corrected chi connectivity index (χ1v) is 12.0. The van der Waals surface area contributed by atoms with Gasteiger partial charge in [-0.25, -0.2) is 0 Å². The number of rotatable bonds is 3. The molecule has 2 aliphatic carbocycles. The average molecular weight is 439 g/mol. The first-order chi connectivity index (χ1) is 15.1. The van der Waals surface area contributed by atoms with Gasteiger partial charge in [-0.2, -0.15) is 5.26 Å². The molecule has 2 unspecified atom stereocenters. The summed E-state index contributed by atoms with van der Waals surface area (Å²) in [6.07, 6.45) is 8.34. The van der Waals surface area contributed by atoms with E-state index in [0.29, 0.717) is 22.4 Å². The molecule has 2 aromatic heterocycles. The minimum Gasteiger partial charge on any atom is -0.505 e. The van der Waals surface area contributed by atoms with E-state index in [4.69, 9.17) is 4.74 Å². The third-order valence-corrected chi connectivity index (χ3v) is 8.53. The van der Waals surface area contributed by atoms with Crippen LogP contribution in [-0.2, 0) is 4.74 Å². The summed E-state index contributed by atoms with van der Waals surface area (Å²) in [6, 6.07) is 2.93. The van der Waals surface area contributed by atoms with Crippen LogP contribution in [0, 0.1) is 17.2 Å². The summed E-state index contributed by atoms with van der Waals surface area (Å²) in [5.74, 6) is 0.491. The van der Waals surface area contributed by atoms with Crippen molar-refractivity contribution in [3.8, 4) is 11.8 Å². The molecular weight excluding hydrogens is 412 g/mol. The number of hydrogen-bond donors (Lipinski definition) is 2. The molecule has 1 saturated carbocycles. The summed E-state index contributed by atoms with van der Waals surface area (Å²) >= 11 is 1.22. The van der Waals surface area contributed by atoms with Crippen molar-refractivity contribution in [3.05, 3.63) is 32.4 Å². The van der Waals surface area contributed by atoms with Crippen molar-refractivity contribution in [3.63, 3.8) is 0 Å². The van der Waals surface area contributed by atoms with Gasteiger partial charge in [-0.05, 0) is 38.1 Å². The molecule has 2 aromatic rings. The second kappa shape index (κ2) is 7.17. The van der Waals surface area contributed by atoms with Gasteiger partial charge in [0.15, 0.2) is 5.75 Å². The second-order valence-electron chi connectivity index (χ2n) is 9.22. The maximum Gasteiger partial charge on any atom is 0.201 e. The number of piperidine rings is 1. The van der Waals surface area contributed by atoms with E-state index in [9.17, 15) is 15.2 Å². The van der Waals surface area contributed by atoms with Crippen molar-refractivity contribution in [2.45, 2.75) is 49.9 Å². The maximum absolute atomic E-state index is 13.4. The molecule has 8 heteroatoms. The maximum atomic E-state index is 13.4. The van der Waals surface area contributed by atoms with Crippen molar-refractivity contribution >= 4 is 27.6 Å². The summed E-state index contributed by atoms with van der Waals surface area (Å²) < 4.78 is 8.28. The Morgan fingerprint density at radius 3 is 2.87 bits per heavy atom. The lowest BCUT2D eigenvalue weighted by atomic mass is 9.92. The Bertz CT molecular complexity index is 1170. The van der Waals surface area contributed by atoms with Gasteiger partial charge in [0.2, 0.25) is 5.43 Å². The molecule has 0 amide bonds. The Kier molecular flexibility index (Phi) is 4.51. The van der Waals surface area contributed by atoms with E-state index in [1.54, 1.807) is 7.11 Å². The summed E-state index contributed by atoms with van der Waals surface area (Å²) in [5.41, 5.74) is 1.30. The van der Waals surface area contributed by atoms with Gasteiger partial charge in [-0.15, -0.1) is 11.3 Å². The molecule has 7 nitrogen and oxygen atoms in total. The number of aromatic hydroxyl groups is 1. The van der Waals surface area contributed by atoms with Gasteiger partial charge in [0, 0.05) is 37.8 Å². The fourth-order valence-corrected chi connectivity index (χ4v) is 6.92. The monoisotopic (exact) mass is 438 g/mol. The molecule has 4 atom stereocenters. The van der Waals surface area contributed by atoms with Crippen LogP contribution in [0.15, 0.2) is 10.9 Å². The van der Waals surface area contributed by atoms with E-state index in [1.165, 1.54) is 24.2 Å². The molecule has 31 heavy (non-hydrogen) atoms. The predicted molar refractivity (Wildman–Crippen MR) is 119 cm³/mol. The van der Waals surface area contributed by atoms with Gasteiger partial charge < -0.3 is 19.7 Å². The molecule has 6 rings (SSSR count). The topological polar surface area (TPSA) is 90.5 Å².